The van der Waals surface area contributed by atoms with Gasteiger partial charge < -0.3 is 10.6 Å². The molecule has 2 amide bonds. The van der Waals surface area contributed by atoms with Crippen molar-refractivity contribution in [1.82, 2.24) is 15.5 Å². The number of halogens is 4. The van der Waals surface area contributed by atoms with Gasteiger partial charge in [0.1, 0.15) is 15.9 Å². The van der Waals surface area contributed by atoms with E-state index >= 15 is 0 Å². The standard InChI is InChI=1S/C23H25Cl4N3O4S/c1-35(33,34)9-7-21(29-22(31)15-3-5-18(25)20(27)11-15)23(32)28-16-6-8-30(13-16)12-14-2-4-17(24)19(26)10-14/h2-5,10-11,16,21H,6-9,12-13H2,1H3,(H,28,32)(H,29,31)/t16-,21-/m0/s1. The van der Waals surface area contributed by atoms with Gasteiger partial charge in [0.15, 0.2) is 0 Å². The normalized spacial score (nSPS) is 17.2. The minimum atomic E-state index is -3.34. The molecule has 0 radical (unpaired) electrons. The Labute approximate surface area is 225 Å². The second-order valence-corrected chi connectivity index (χ2v) is 12.4. The highest BCUT2D eigenvalue weighted by molar-refractivity contribution is 7.90. The molecule has 2 aromatic carbocycles. The molecule has 1 saturated heterocycles. The Hall–Kier alpha value is -1.55. The second-order valence-electron chi connectivity index (χ2n) is 8.55. The van der Waals surface area contributed by atoms with E-state index in [1.807, 2.05) is 12.1 Å². The number of nitrogens with one attached hydrogen (secondary N) is 2. The highest BCUT2D eigenvalue weighted by atomic mass is 35.5. The molecule has 0 aromatic heterocycles. The van der Waals surface area contributed by atoms with E-state index in [1.54, 1.807) is 6.07 Å². The van der Waals surface area contributed by atoms with E-state index < -0.39 is 27.7 Å². The van der Waals surface area contributed by atoms with E-state index in [4.69, 9.17) is 46.4 Å². The summed E-state index contributed by atoms with van der Waals surface area (Å²) in [4.78, 5) is 27.9. The molecule has 2 aromatic rings. The van der Waals surface area contributed by atoms with E-state index in [0.717, 1.165) is 18.4 Å². The molecule has 1 fully saturated rings. The molecule has 12 heteroatoms. The third-order valence-electron chi connectivity index (χ3n) is 5.59. The molecule has 1 aliphatic heterocycles. The number of carbonyl (C=O) groups is 2. The minimum Gasteiger partial charge on any atom is -0.350 e. The van der Waals surface area contributed by atoms with Crippen LogP contribution in [0.3, 0.4) is 0 Å². The van der Waals surface area contributed by atoms with Crippen LogP contribution in [-0.4, -0.2) is 62.3 Å². The SMILES string of the molecule is CS(=O)(=O)CC[C@H](NC(=O)c1ccc(Cl)c(Cl)c1)C(=O)N[C@H]1CCN(Cc2ccc(Cl)c(Cl)c2)C1. The maximum Gasteiger partial charge on any atom is 0.251 e. The van der Waals surface area contributed by atoms with Crippen LogP contribution < -0.4 is 10.6 Å². The molecule has 1 heterocycles. The van der Waals surface area contributed by atoms with E-state index in [1.165, 1.54) is 18.2 Å². The average Bonchev–Trinajstić information content (AvgIpc) is 3.21. The minimum absolute atomic E-state index is 0.0581. The third kappa shape index (κ3) is 8.51. The number of benzene rings is 2. The number of rotatable bonds is 9. The van der Waals surface area contributed by atoms with E-state index in [9.17, 15) is 18.0 Å². The maximum atomic E-state index is 13.0. The van der Waals surface area contributed by atoms with Crippen LogP contribution in [0.2, 0.25) is 20.1 Å². The Morgan fingerprint density at radius 1 is 1.03 bits per heavy atom. The number of carbonyl (C=O) groups excluding carboxylic acids is 2. The van der Waals surface area contributed by atoms with Gasteiger partial charge in [-0.3, -0.25) is 14.5 Å². The average molecular weight is 581 g/mol. The van der Waals surface area contributed by atoms with Crippen molar-refractivity contribution in [2.75, 3.05) is 25.1 Å². The Morgan fingerprint density at radius 2 is 1.69 bits per heavy atom. The Kier molecular flexibility index (Phi) is 9.71. The lowest BCUT2D eigenvalue weighted by molar-refractivity contribution is -0.123. The number of nitrogens with zero attached hydrogens (tertiary/aromatic N) is 1. The second kappa shape index (κ2) is 12.1. The van der Waals surface area contributed by atoms with Crippen LogP contribution >= 0.6 is 46.4 Å². The summed E-state index contributed by atoms with van der Waals surface area (Å²) in [5.74, 6) is -1.24. The first-order valence-corrected chi connectivity index (χ1v) is 14.4. The van der Waals surface area contributed by atoms with Crippen molar-refractivity contribution >= 4 is 68.1 Å². The summed E-state index contributed by atoms with van der Waals surface area (Å²) in [6, 6.07) is 8.64. The Balaban J connectivity index is 1.62. The van der Waals surface area contributed by atoms with Crippen LogP contribution in [0.25, 0.3) is 0 Å². The summed E-state index contributed by atoms with van der Waals surface area (Å²) < 4.78 is 23.4. The monoisotopic (exact) mass is 579 g/mol. The molecule has 2 N–H and O–H groups in total. The van der Waals surface area contributed by atoms with Crippen molar-refractivity contribution in [3.05, 3.63) is 67.6 Å². The zero-order valence-corrected chi connectivity index (χ0v) is 22.7. The van der Waals surface area contributed by atoms with Gasteiger partial charge in [-0.05, 0) is 48.7 Å². The topological polar surface area (TPSA) is 95.6 Å². The summed E-state index contributed by atoms with van der Waals surface area (Å²) in [7, 11) is -3.34. The fourth-order valence-electron chi connectivity index (χ4n) is 3.77. The molecule has 2 atom stereocenters. The zero-order valence-electron chi connectivity index (χ0n) is 18.9. The molecule has 3 rings (SSSR count). The van der Waals surface area contributed by atoms with Gasteiger partial charge in [-0.1, -0.05) is 52.5 Å². The lowest BCUT2D eigenvalue weighted by atomic mass is 10.1. The number of sulfone groups is 1. The van der Waals surface area contributed by atoms with Gasteiger partial charge >= 0.3 is 0 Å². The van der Waals surface area contributed by atoms with E-state index in [-0.39, 0.29) is 28.8 Å². The number of likely N-dealkylation sites (tertiary alicyclic amines) is 1. The van der Waals surface area contributed by atoms with Gasteiger partial charge in [-0.15, -0.1) is 0 Å². The number of amides is 2. The summed E-state index contributed by atoms with van der Waals surface area (Å²) >= 11 is 24.0. The first-order chi connectivity index (χ1) is 16.4. The molecule has 0 spiro atoms. The van der Waals surface area contributed by atoms with Crippen LogP contribution in [0.4, 0.5) is 0 Å². The predicted molar refractivity (Wildman–Crippen MR) is 140 cm³/mol. The molecule has 190 valence electrons. The number of hydrogen-bond acceptors (Lipinski definition) is 5. The Bertz CT molecular complexity index is 1210. The zero-order chi connectivity index (χ0) is 25.8. The van der Waals surface area contributed by atoms with Crippen molar-refractivity contribution in [3.8, 4) is 0 Å². The third-order valence-corrected chi connectivity index (χ3v) is 8.05. The Morgan fingerprint density at radius 3 is 2.31 bits per heavy atom. The van der Waals surface area contributed by atoms with Crippen LogP contribution in [0.1, 0.15) is 28.8 Å². The molecular formula is C23H25Cl4N3O4S. The maximum absolute atomic E-state index is 13.0. The van der Waals surface area contributed by atoms with Crippen molar-refractivity contribution < 1.29 is 18.0 Å². The van der Waals surface area contributed by atoms with Gasteiger partial charge in [-0.25, -0.2) is 8.42 Å². The molecule has 7 nitrogen and oxygen atoms in total. The predicted octanol–water partition coefficient (Wildman–Crippen LogP) is 4.22. The number of hydrogen-bond donors (Lipinski definition) is 2. The van der Waals surface area contributed by atoms with Crippen LogP contribution in [0.5, 0.6) is 0 Å². The summed E-state index contributed by atoms with van der Waals surface area (Å²) in [5.41, 5.74) is 1.22. The lowest BCUT2D eigenvalue weighted by Gasteiger charge is -2.22. The van der Waals surface area contributed by atoms with E-state index in [0.29, 0.717) is 34.6 Å². The van der Waals surface area contributed by atoms with Crippen LogP contribution in [0, 0.1) is 0 Å². The highest BCUT2D eigenvalue weighted by Crippen LogP contribution is 2.24. The molecule has 0 aliphatic carbocycles. The van der Waals surface area contributed by atoms with Gasteiger partial charge in [0, 0.05) is 37.5 Å². The van der Waals surface area contributed by atoms with Crippen LogP contribution in [-0.2, 0) is 21.2 Å². The summed E-state index contributed by atoms with van der Waals surface area (Å²) in [6.45, 7) is 2.01. The highest BCUT2D eigenvalue weighted by Gasteiger charge is 2.29. The molecular weight excluding hydrogens is 556 g/mol. The quantitative estimate of drug-likeness (QED) is 0.463. The fraction of sp³-hybridized carbons (Fsp3) is 0.391. The smallest absolute Gasteiger partial charge is 0.251 e. The van der Waals surface area contributed by atoms with Crippen molar-refractivity contribution in [2.24, 2.45) is 0 Å². The largest absolute Gasteiger partial charge is 0.350 e. The molecule has 0 saturated carbocycles. The first-order valence-electron chi connectivity index (χ1n) is 10.8. The van der Waals surface area contributed by atoms with Gasteiger partial charge in [0.25, 0.3) is 5.91 Å². The first kappa shape index (κ1) is 28.0. The fourth-order valence-corrected chi connectivity index (χ4v) is 5.05. The van der Waals surface area contributed by atoms with Crippen molar-refractivity contribution in [1.29, 1.82) is 0 Å². The van der Waals surface area contributed by atoms with E-state index in [2.05, 4.69) is 15.5 Å². The van der Waals surface area contributed by atoms with Crippen LogP contribution in [0.15, 0.2) is 36.4 Å². The van der Waals surface area contributed by atoms with Gasteiger partial charge in [0.2, 0.25) is 5.91 Å². The van der Waals surface area contributed by atoms with Crippen molar-refractivity contribution in [3.63, 3.8) is 0 Å². The molecule has 0 unspecified atom stereocenters. The lowest BCUT2D eigenvalue weighted by Crippen LogP contribution is -2.50. The van der Waals surface area contributed by atoms with Gasteiger partial charge in [0.05, 0.1) is 25.8 Å². The summed E-state index contributed by atoms with van der Waals surface area (Å²) in [6.07, 6.45) is 1.74. The molecule has 35 heavy (non-hydrogen) atoms. The van der Waals surface area contributed by atoms with Crippen molar-refractivity contribution in [2.45, 2.75) is 31.5 Å². The molecule has 1 aliphatic rings. The van der Waals surface area contributed by atoms with Gasteiger partial charge in [-0.2, -0.15) is 0 Å². The molecule has 0 bridgehead atoms. The summed E-state index contributed by atoms with van der Waals surface area (Å²) in [5, 5.41) is 7.04.